The topological polar surface area (TPSA) is 20.2 Å². The van der Waals surface area contributed by atoms with Gasteiger partial charge < -0.3 is 5.11 Å². The molecule has 0 aliphatic rings. The molecule has 0 aliphatic heterocycles. The van der Waals surface area contributed by atoms with Crippen LogP contribution in [0.3, 0.4) is 0 Å². The van der Waals surface area contributed by atoms with E-state index in [4.69, 9.17) is 0 Å². The number of hydrogen-bond donors (Lipinski definition) is 1. The summed E-state index contributed by atoms with van der Waals surface area (Å²) < 4.78 is 12.2. The first-order valence-corrected chi connectivity index (χ1v) is 3.92. The Morgan fingerprint density at radius 2 is 2.08 bits per heavy atom. The third kappa shape index (κ3) is 2.05. The van der Waals surface area contributed by atoms with E-state index in [0.717, 1.165) is 5.56 Å². The van der Waals surface area contributed by atoms with E-state index in [9.17, 15) is 9.50 Å². The lowest BCUT2D eigenvalue weighted by atomic mass is 9.97. The van der Waals surface area contributed by atoms with Gasteiger partial charge in [0, 0.05) is 0 Å². The number of alkyl halides is 1. The lowest BCUT2D eigenvalue weighted by Crippen LogP contribution is -2.15. The van der Waals surface area contributed by atoms with E-state index in [1.165, 1.54) is 0 Å². The van der Waals surface area contributed by atoms with Crippen molar-refractivity contribution >= 4 is 0 Å². The molecule has 0 amide bonds. The van der Waals surface area contributed by atoms with Gasteiger partial charge in [-0.1, -0.05) is 24.3 Å². The van der Waals surface area contributed by atoms with Gasteiger partial charge >= 0.3 is 0 Å². The fourth-order valence-corrected chi connectivity index (χ4v) is 1.04. The summed E-state index contributed by atoms with van der Waals surface area (Å²) in [6, 6.07) is 6.93. The van der Waals surface area contributed by atoms with Gasteiger partial charge in [0.05, 0.1) is 5.60 Å². The molecule has 0 saturated heterocycles. The van der Waals surface area contributed by atoms with Gasteiger partial charge in [-0.05, 0) is 25.0 Å². The van der Waals surface area contributed by atoms with Crippen molar-refractivity contribution in [2.75, 3.05) is 0 Å². The molecular formula is C10H13FO. The largest absolute Gasteiger partial charge is 0.386 e. The van der Waals surface area contributed by atoms with Gasteiger partial charge in [-0.15, -0.1) is 0 Å². The van der Waals surface area contributed by atoms with E-state index in [-0.39, 0.29) is 0 Å². The number of benzene rings is 1. The second kappa shape index (κ2) is 3.23. The van der Waals surface area contributed by atoms with Gasteiger partial charge in [0.2, 0.25) is 0 Å². The zero-order chi connectivity index (χ0) is 9.19. The zero-order valence-corrected chi connectivity index (χ0v) is 7.34. The highest BCUT2D eigenvalue weighted by Gasteiger charge is 2.15. The van der Waals surface area contributed by atoms with Crippen molar-refractivity contribution in [3.05, 3.63) is 35.4 Å². The Morgan fingerprint density at radius 1 is 1.42 bits per heavy atom. The van der Waals surface area contributed by atoms with E-state index in [1.807, 2.05) is 0 Å². The van der Waals surface area contributed by atoms with Crippen LogP contribution in [-0.2, 0) is 12.3 Å². The molecule has 66 valence electrons. The quantitative estimate of drug-likeness (QED) is 0.718. The zero-order valence-electron chi connectivity index (χ0n) is 7.34. The van der Waals surface area contributed by atoms with Crippen LogP contribution in [0, 0.1) is 0 Å². The molecule has 0 spiro atoms. The first-order chi connectivity index (χ1) is 5.54. The standard InChI is InChI=1S/C10H13FO/c1-10(2,12)9-5-3-4-8(6-9)7-11/h3-6,12H,7H2,1-2H3. The van der Waals surface area contributed by atoms with Gasteiger partial charge in [0.25, 0.3) is 0 Å². The van der Waals surface area contributed by atoms with Crippen LogP contribution in [0.4, 0.5) is 4.39 Å². The van der Waals surface area contributed by atoms with Gasteiger partial charge in [0.15, 0.2) is 0 Å². The molecule has 1 aromatic rings. The second-order valence-electron chi connectivity index (χ2n) is 3.39. The Bertz CT molecular complexity index is 263. The van der Waals surface area contributed by atoms with Crippen LogP contribution in [0.15, 0.2) is 24.3 Å². The minimum Gasteiger partial charge on any atom is -0.386 e. The SMILES string of the molecule is CC(C)(O)c1cccc(CF)c1. The number of rotatable bonds is 2. The molecule has 0 aliphatic carbocycles. The summed E-state index contributed by atoms with van der Waals surface area (Å²) in [5.74, 6) is 0. The molecule has 2 heteroatoms. The van der Waals surface area contributed by atoms with Crippen LogP contribution in [-0.4, -0.2) is 5.11 Å². The van der Waals surface area contributed by atoms with Crippen molar-refractivity contribution in [3.63, 3.8) is 0 Å². The second-order valence-corrected chi connectivity index (χ2v) is 3.39. The minimum atomic E-state index is -0.884. The Labute approximate surface area is 71.9 Å². The fourth-order valence-electron chi connectivity index (χ4n) is 1.04. The molecule has 1 rings (SSSR count). The molecule has 1 aromatic carbocycles. The normalized spacial score (nSPS) is 11.7. The van der Waals surface area contributed by atoms with Crippen molar-refractivity contribution in [2.24, 2.45) is 0 Å². The summed E-state index contributed by atoms with van der Waals surface area (Å²) in [7, 11) is 0. The van der Waals surface area contributed by atoms with Crippen LogP contribution in [0.2, 0.25) is 0 Å². The summed E-state index contributed by atoms with van der Waals surface area (Å²) in [5, 5.41) is 9.59. The lowest BCUT2D eigenvalue weighted by Gasteiger charge is -2.17. The Balaban J connectivity index is 3.02. The van der Waals surface area contributed by atoms with Crippen LogP contribution in [0.5, 0.6) is 0 Å². The molecule has 0 radical (unpaired) electrons. The third-order valence-corrected chi connectivity index (χ3v) is 1.79. The van der Waals surface area contributed by atoms with Gasteiger partial charge in [0.1, 0.15) is 6.67 Å². The van der Waals surface area contributed by atoms with Crippen molar-refractivity contribution in [1.82, 2.24) is 0 Å². The van der Waals surface area contributed by atoms with Crippen molar-refractivity contribution in [1.29, 1.82) is 0 Å². The molecule has 0 atom stereocenters. The smallest absolute Gasteiger partial charge is 0.115 e. The molecule has 0 saturated carbocycles. The summed E-state index contributed by atoms with van der Waals surface area (Å²) in [6.07, 6.45) is 0. The highest BCUT2D eigenvalue weighted by atomic mass is 19.1. The van der Waals surface area contributed by atoms with E-state index >= 15 is 0 Å². The monoisotopic (exact) mass is 168 g/mol. The molecule has 0 unspecified atom stereocenters. The van der Waals surface area contributed by atoms with E-state index in [0.29, 0.717) is 5.56 Å². The highest BCUT2D eigenvalue weighted by molar-refractivity contribution is 5.26. The predicted molar refractivity (Wildman–Crippen MR) is 46.5 cm³/mol. The molecular weight excluding hydrogens is 155 g/mol. The number of aliphatic hydroxyl groups is 1. The lowest BCUT2D eigenvalue weighted by molar-refractivity contribution is 0.0785. The minimum absolute atomic E-state index is 0.482. The average molecular weight is 168 g/mol. The van der Waals surface area contributed by atoms with Crippen molar-refractivity contribution in [2.45, 2.75) is 26.1 Å². The highest BCUT2D eigenvalue weighted by Crippen LogP contribution is 2.20. The van der Waals surface area contributed by atoms with E-state index in [2.05, 4.69) is 0 Å². The summed E-state index contributed by atoms with van der Waals surface area (Å²) in [5.41, 5.74) is 0.470. The van der Waals surface area contributed by atoms with Crippen LogP contribution in [0.25, 0.3) is 0 Å². The van der Waals surface area contributed by atoms with E-state index in [1.54, 1.807) is 38.1 Å². The first-order valence-electron chi connectivity index (χ1n) is 3.92. The van der Waals surface area contributed by atoms with Crippen LogP contribution < -0.4 is 0 Å². The molecule has 1 N–H and O–H groups in total. The van der Waals surface area contributed by atoms with Gasteiger partial charge in [-0.2, -0.15) is 0 Å². The Kier molecular flexibility index (Phi) is 2.48. The Hall–Kier alpha value is -0.890. The third-order valence-electron chi connectivity index (χ3n) is 1.79. The fraction of sp³-hybridized carbons (Fsp3) is 0.400. The van der Waals surface area contributed by atoms with Crippen molar-refractivity contribution in [3.8, 4) is 0 Å². The number of halogens is 1. The molecule has 1 nitrogen and oxygen atoms in total. The summed E-state index contributed by atoms with van der Waals surface area (Å²) in [6.45, 7) is 2.89. The maximum Gasteiger partial charge on any atom is 0.115 e. The molecule has 0 aromatic heterocycles. The molecule has 0 fully saturated rings. The molecule has 12 heavy (non-hydrogen) atoms. The predicted octanol–water partition coefficient (Wildman–Crippen LogP) is 2.38. The van der Waals surface area contributed by atoms with Crippen molar-refractivity contribution < 1.29 is 9.50 Å². The maximum atomic E-state index is 12.2. The van der Waals surface area contributed by atoms with Crippen LogP contribution in [0.1, 0.15) is 25.0 Å². The van der Waals surface area contributed by atoms with Gasteiger partial charge in [-0.3, -0.25) is 0 Å². The molecule has 0 bridgehead atoms. The number of hydrogen-bond acceptors (Lipinski definition) is 1. The first kappa shape index (κ1) is 9.20. The maximum absolute atomic E-state index is 12.2. The Morgan fingerprint density at radius 3 is 2.58 bits per heavy atom. The van der Waals surface area contributed by atoms with E-state index < -0.39 is 12.3 Å². The molecule has 0 heterocycles. The summed E-state index contributed by atoms with van der Waals surface area (Å²) >= 11 is 0. The van der Waals surface area contributed by atoms with Crippen LogP contribution >= 0.6 is 0 Å². The average Bonchev–Trinajstić information content (AvgIpc) is 2.03. The summed E-state index contributed by atoms with van der Waals surface area (Å²) in [4.78, 5) is 0. The van der Waals surface area contributed by atoms with Gasteiger partial charge in [-0.25, -0.2) is 4.39 Å².